The van der Waals surface area contributed by atoms with Crippen LogP contribution in [0.2, 0.25) is 0 Å². The Morgan fingerprint density at radius 3 is 2.94 bits per heavy atom. The quantitative estimate of drug-likeness (QED) is 0.378. The van der Waals surface area contributed by atoms with E-state index in [9.17, 15) is 5.21 Å². The Morgan fingerprint density at radius 2 is 2.35 bits per heavy atom. The Hall–Kier alpha value is -2.08. The van der Waals surface area contributed by atoms with Gasteiger partial charge in [-0.1, -0.05) is 11.2 Å². The predicted octanol–water partition coefficient (Wildman–Crippen LogP) is 2.04. The maximum absolute atomic E-state index is 9.65. The van der Waals surface area contributed by atoms with E-state index >= 15 is 0 Å². The highest BCUT2D eigenvalue weighted by Crippen LogP contribution is 2.10. The SMILES string of the molecule is ON=C(C[N+](O)=Cc1ccco1)c1cccs1. The van der Waals surface area contributed by atoms with Crippen LogP contribution in [0.3, 0.4) is 0 Å². The first-order valence-electron chi connectivity index (χ1n) is 4.88. The Labute approximate surface area is 102 Å². The molecule has 6 heteroatoms. The van der Waals surface area contributed by atoms with Gasteiger partial charge in [0.25, 0.3) is 6.21 Å². The lowest BCUT2D eigenvalue weighted by Crippen LogP contribution is -2.19. The molecule has 0 aliphatic rings. The van der Waals surface area contributed by atoms with Crippen LogP contribution in [-0.2, 0) is 0 Å². The van der Waals surface area contributed by atoms with Crippen molar-refractivity contribution in [2.75, 3.05) is 6.54 Å². The molecule has 0 amide bonds. The Balaban J connectivity index is 2.10. The summed E-state index contributed by atoms with van der Waals surface area (Å²) in [7, 11) is 0. The van der Waals surface area contributed by atoms with Gasteiger partial charge in [0.2, 0.25) is 6.54 Å². The van der Waals surface area contributed by atoms with Crippen molar-refractivity contribution in [3.8, 4) is 0 Å². The molecular formula is C11H11N2O3S+. The number of thiophene rings is 1. The summed E-state index contributed by atoms with van der Waals surface area (Å²) in [6.07, 6.45) is 2.93. The largest absolute Gasteiger partial charge is 0.459 e. The minimum absolute atomic E-state index is 0.0811. The molecule has 0 spiro atoms. The highest BCUT2D eigenvalue weighted by molar-refractivity contribution is 7.12. The van der Waals surface area contributed by atoms with Gasteiger partial charge in [0.05, 0.1) is 11.1 Å². The molecule has 0 unspecified atom stereocenters. The van der Waals surface area contributed by atoms with Crippen LogP contribution in [0.25, 0.3) is 0 Å². The van der Waals surface area contributed by atoms with Crippen molar-refractivity contribution in [2.24, 2.45) is 5.16 Å². The molecule has 5 nitrogen and oxygen atoms in total. The van der Waals surface area contributed by atoms with Gasteiger partial charge in [-0.05, 0) is 28.3 Å². The molecule has 0 atom stereocenters. The molecule has 17 heavy (non-hydrogen) atoms. The molecular weight excluding hydrogens is 240 g/mol. The molecule has 0 aromatic carbocycles. The minimum Gasteiger partial charge on any atom is -0.459 e. The van der Waals surface area contributed by atoms with E-state index in [0.29, 0.717) is 11.5 Å². The number of hydrogen-bond acceptors (Lipinski definition) is 5. The lowest BCUT2D eigenvalue weighted by atomic mass is 10.3. The standard InChI is InChI=1S/C11H10N2O3S/c14-12-10(11-4-2-6-17-11)8-13(15)7-9-3-1-5-16-9/h1-7H,8H2,(H-,14,15)/p+1. The van der Waals surface area contributed by atoms with E-state index in [1.54, 1.807) is 12.1 Å². The predicted molar refractivity (Wildman–Crippen MR) is 63.4 cm³/mol. The van der Waals surface area contributed by atoms with Crippen molar-refractivity contribution in [3.05, 3.63) is 46.5 Å². The fourth-order valence-corrected chi connectivity index (χ4v) is 2.01. The number of hydrogen-bond donors (Lipinski definition) is 2. The number of hydroxylamine groups is 1. The third-order valence-corrected chi connectivity index (χ3v) is 2.98. The van der Waals surface area contributed by atoms with Crippen molar-refractivity contribution < 1.29 is 19.6 Å². The number of rotatable bonds is 4. The summed E-state index contributed by atoms with van der Waals surface area (Å²) in [5.41, 5.74) is 0.394. The smallest absolute Gasteiger partial charge is 0.258 e. The maximum atomic E-state index is 9.65. The zero-order valence-electron chi connectivity index (χ0n) is 8.85. The van der Waals surface area contributed by atoms with Crippen LogP contribution in [0.5, 0.6) is 0 Å². The van der Waals surface area contributed by atoms with Crippen molar-refractivity contribution >= 4 is 23.3 Å². The van der Waals surface area contributed by atoms with Crippen LogP contribution < -0.4 is 0 Å². The van der Waals surface area contributed by atoms with Gasteiger partial charge in [-0.25, -0.2) is 0 Å². The molecule has 88 valence electrons. The van der Waals surface area contributed by atoms with Crippen LogP contribution in [-0.4, -0.2) is 33.6 Å². The Morgan fingerprint density at radius 1 is 1.47 bits per heavy atom. The molecule has 0 aliphatic carbocycles. The Kier molecular flexibility index (Phi) is 3.56. The molecule has 0 fully saturated rings. The van der Waals surface area contributed by atoms with Crippen molar-refractivity contribution in [2.45, 2.75) is 0 Å². The summed E-state index contributed by atoms with van der Waals surface area (Å²) < 4.78 is 5.96. The van der Waals surface area contributed by atoms with Crippen molar-refractivity contribution in [1.82, 2.24) is 0 Å². The molecule has 2 aromatic heterocycles. The summed E-state index contributed by atoms with van der Waals surface area (Å²) >= 11 is 1.44. The van der Waals surface area contributed by atoms with Crippen LogP contribution in [0.15, 0.2) is 45.5 Å². The van der Waals surface area contributed by atoms with Gasteiger partial charge in [-0.15, -0.1) is 11.3 Å². The van der Waals surface area contributed by atoms with E-state index < -0.39 is 0 Å². The summed E-state index contributed by atoms with van der Waals surface area (Å²) in [5.74, 6) is 0.524. The van der Waals surface area contributed by atoms with Crippen LogP contribution >= 0.6 is 11.3 Å². The Bertz CT molecular complexity index is 515. The molecule has 2 N–H and O–H groups in total. The van der Waals surface area contributed by atoms with Crippen molar-refractivity contribution in [1.29, 1.82) is 0 Å². The average molecular weight is 251 g/mol. The monoisotopic (exact) mass is 251 g/mol. The first-order chi connectivity index (χ1) is 8.29. The van der Waals surface area contributed by atoms with Crippen LogP contribution in [0.4, 0.5) is 0 Å². The second-order valence-electron chi connectivity index (χ2n) is 3.27. The van der Waals surface area contributed by atoms with Gasteiger partial charge in [-0.2, -0.15) is 0 Å². The summed E-state index contributed by atoms with van der Waals surface area (Å²) in [6.45, 7) is 0.0811. The highest BCUT2D eigenvalue weighted by Gasteiger charge is 2.14. The molecule has 0 saturated carbocycles. The molecule has 0 radical (unpaired) electrons. The zero-order chi connectivity index (χ0) is 12.1. The van der Waals surface area contributed by atoms with Gasteiger partial charge < -0.3 is 9.62 Å². The van der Waals surface area contributed by atoms with Gasteiger partial charge in [-0.3, -0.25) is 5.21 Å². The first-order valence-corrected chi connectivity index (χ1v) is 5.76. The molecule has 2 aromatic rings. The topological polar surface area (TPSA) is 69.0 Å². The summed E-state index contributed by atoms with van der Waals surface area (Å²) in [6, 6.07) is 7.10. The van der Waals surface area contributed by atoms with Crippen LogP contribution in [0.1, 0.15) is 10.6 Å². The highest BCUT2D eigenvalue weighted by atomic mass is 32.1. The molecule has 2 heterocycles. The third kappa shape index (κ3) is 2.94. The average Bonchev–Trinajstić information content (AvgIpc) is 2.97. The summed E-state index contributed by atoms with van der Waals surface area (Å²) in [4.78, 5) is 0.805. The normalized spacial score (nSPS) is 12.9. The van der Waals surface area contributed by atoms with E-state index in [1.165, 1.54) is 23.8 Å². The minimum atomic E-state index is 0.0811. The second-order valence-corrected chi connectivity index (χ2v) is 4.21. The first kappa shape index (κ1) is 11.4. The number of oxime groups is 1. The van der Waals surface area contributed by atoms with Gasteiger partial charge >= 0.3 is 0 Å². The van der Waals surface area contributed by atoms with E-state index in [1.807, 2.05) is 17.5 Å². The maximum Gasteiger partial charge on any atom is 0.258 e. The summed E-state index contributed by atoms with van der Waals surface area (Å²) in [5, 5.41) is 23.6. The fraction of sp³-hybridized carbons (Fsp3) is 0.0909. The number of nitrogens with zero attached hydrogens (tertiary/aromatic N) is 2. The van der Waals surface area contributed by atoms with E-state index in [0.717, 1.165) is 9.62 Å². The molecule has 0 bridgehead atoms. The van der Waals surface area contributed by atoms with Gasteiger partial charge in [0.1, 0.15) is 0 Å². The van der Waals surface area contributed by atoms with Gasteiger partial charge in [0, 0.05) is 0 Å². The molecule has 0 aliphatic heterocycles. The fourth-order valence-electron chi connectivity index (χ4n) is 1.31. The third-order valence-electron chi connectivity index (χ3n) is 2.06. The van der Waals surface area contributed by atoms with Gasteiger partial charge in [0.15, 0.2) is 11.5 Å². The van der Waals surface area contributed by atoms with E-state index in [-0.39, 0.29) is 6.54 Å². The second kappa shape index (κ2) is 5.31. The zero-order valence-corrected chi connectivity index (χ0v) is 9.67. The van der Waals surface area contributed by atoms with Crippen molar-refractivity contribution in [3.63, 3.8) is 0 Å². The van der Waals surface area contributed by atoms with E-state index in [4.69, 9.17) is 9.62 Å². The number of furan rings is 1. The van der Waals surface area contributed by atoms with Crippen LogP contribution in [0, 0.1) is 0 Å². The van der Waals surface area contributed by atoms with E-state index in [2.05, 4.69) is 5.16 Å². The molecule has 2 rings (SSSR count). The lowest BCUT2D eigenvalue weighted by molar-refractivity contribution is -0.761. The molecule has 0 saturated heterocycles. The lowest BCUT2D eigenvalue weighted by Gasteiger charge is -1.95.